The van der Waals surface area contributed by atoms with Crippen LogP contribution in [0.15, 0.2) is 24.3 Å². The molecule has 2 unspecified atom stereocenters. The molecule has 1 aromatic rings. The molecule has 0 aromatic heterocycles. The fourth-order valence-electron chi connectivity index (χ4n) is 3.55. The van der Waals surface area contributed by atoms with E-state index in [1.165, 1.54) is 50.0 Å². The molecule has 2 aliphatic rings. The summed E-state index contributed by atoms with van der Waals surface area (Å²) in [7, 11) is 0. The van der Waals surface area contributed by atoms with Gasteiger partial charge in [0.1, 0.15) is 0 Å². The largest absolute Gasteiger partial charge is 0.316 e. The molecule has 0 radical (unpaired) electrons. The molecule has 2 nitrogen and oxygen atoms in total. The van der Waals surface area contributed by atoms with E-state index in [2.05, 4.69) is 41.4 Å². The monoisotopic (exact) mass is 258 g/mol. The summed E-state index contributed by atoms with van der Waals surface area (Å²) in [5.74, 6) is 1.76. The van der Waals surface area contributed by atoms with Crippen LogP contribution in [-0.2, 0) is 13.1 Å². The van der Waals surface area contributed by atoms with Gasteiger partial charge in [0.15, 0.2) is 0 Å². The number of nitrogens with zero attached hydrogens (tertiary/aromatic N) is 1. The zero-order valence-corrected chi connectivity index (χ0v) is 12.1. The van der Waals surface area contributed by atoms with Crippen molar-refractivity contribution in [3.63, 3.8) is 0 Å². The second-order valence-electron chi connectivity index (χ2n) is 6.35. The molecular weight excluding hydrogens is 232 g/mol. The Hall–Kier alpha value is -0.860. The number of benzene rings is 1. The molecule has 1 N–H and O–H groups in total. The van der Waals surface area contributed by atoms with Gasteiger partial charge in [-0.25, -0.2) is 0 Å². The molecule has 2 atom stereocenters. The molecule has 1 saturated heterocycles. The van der Waals surface area contributed by atoms with E-state index in [-0.39, 0.29) is 0 Å². The van der Waals surface area contributed by atoms with Crippen LogP contribution in [-0.4, -0.2) is 24.5 Å². The first-order valence-corrected chi connectivity index (χ1v) is 7.83. The van der Waals surface area contributed by atoms with Gasteiger partial charge in [-0.1, -0.05) is 31.2 Å². The van der Waals surface area contributed by atoms with Crippen LogP contribution in [0.4, 0.5) is 0 Å². The van der Waals surface area contributed by atoms with E-state index in [1.54, 1.807) is 0 Å². The lowest BCUT2D eigenvalue weighted by molar-refractivity contribution is 0.214. The predicted molar refractivity (Wildman–Crippen MR) is 79.9 cm³/mol. The summed E-state index contributed by atoms with van der Waals surface area (Å²) in [6.45, 7) is 8.48. The van der Waals surface area contributed by atoms with Gasteiger partial charge < -0.3 is 5.32 Å². The van der Waals surface area contributed by atoms with Crippen molar-refractivity contribution in [2.75, 3.05) is 19.6 Å². The summed E-state index contributed by atoms with van der Waals surface area (Å²) in [5.41, 5.74) is 3.07. The van der Waals surface area contributed by atoms with E-state index in [0.717, 1.165) is 24.9 Å². The highest BCUT2D eigenvalue weighted by atomic mass is 15.1. The van der Waals surface area contributed by atoms with Crippen molar-refractivity contribution < 1.29 is 0 Å². The van der Waals surface area contributed by atoms with Gasteiger partial charge in [-0.15, -0.1) is 0 Å². The number of fused-ring (bicyclic) bond motifs is 1. The van der Waals surface area contributed by atoms with E-state index in [4.69, 9.17) is 0 Å². The lowest BCUT2D eigenvalue weighted by atomic mass is 9.85. The predicted octanol–water partition coefficient (Wildman–Crippen LogP) is 3.03. The Bertz CT molecular complexity index is 384. The lowest BCUT2D eigenvalue weighted by Crippen LogP contribution is -2.34. The third kappa shape index (κ3) is 3.18. The smallest absolute Gasteiger partial charge is 0.0240 e. The minimum absolute atomic E-state index is 0.858. The van der Waals surface area contributed by atoms with Crippen molar-refractivity contribution in [3.8, 4) is 0 Å². The molecule has 0 saturated carbocycles. The lowest BCUT2D eigenvalue weighted by Gasteiger charge is -2.29. The molecule has 1 aromatic carbocycles. The summed E-state index contributed by atoms with van der Waals surface area (Å²) in [6, 6.07) is 8.89. The quantitative estimate of drug-likeness (QED) is 0.893. The van der Waals surface area contributed by atoms with Gasteiger partial charge in [-0.05, 0) is 61.9 Å². The van der Waals surface area contributed by atoms with Crippen LogP contribution in [0.25, 0.3) is 0 Å². The SMILES string of the molecule is CC(CCN1Cc2ccccc2C1)C1CCCNC1. The van der Waals surface area contributed by atoms with Crippen LogP contribution in [0.1, 0.15) is 37.3 Å². The van der Waals surface area contributed by atoms with Gasteiger partial charge in [0.05, 0.1) is 0 Å². The molecule has 0 bridgehead atoms. The topological polar surface area (TPSA) is 15.3 Å². The van der Waals surface area contributed by atoms with E-state index < -0.39 is 0 Å². The molecule has 0 spiro atoms. The molecule has 2 aliphatic heterocycles. The average molecular weight is 258 g/mol. The molecule has 1 fully saturated rings. The standard InChI is InChI=1S/C17H26N2/c1-14(15-7-4-9-18-11-15)8-10-19-12-16-5-2-3-6-17(16)13-19/h2-3,5-6,14-15,18H,4,7-13H2,1H3. The number of hydrogen-bond donors (Lipinski definition) is 1. The maximum absolute atomic E-state index is 3.54. The number of nitrogens with one attached hydrogen (secondary N) is 1. The summed E-state index contributed by atoms with van der Waals surface area (Å²) in [5, 5.41) is 3.54. The van der Waals surface area contributed by atoms with Crippen LogP contribution in [0.5, 0.6) is 0 Å². The Labute approximate surface area is 117 Å². The van der Waals surface area contributed by atoms with Crippen molar-refractivity contribution >= 4 is 0 Å². The molecular formula is C17H26N2. The molecule has 0 amide bonds. The summed E-state index contributed by atoms with van der Waals surface area (Å²) in [6.07, 6.45) is 4.14. The highest BCUT2D eigenvalue weighted by Crippen LogP contribution is 2.26. The van der Waals surface area contributed by atoms with Crippen molar-refractivity contribution in [3.05, 3.63) is 35.4 Å². The Morgan fingerprint density at radius 3 is 2.63 bits per heavy atom. The van der Waals surface area contributed by atoms with Gasteiger partial charge in [-0.3, -0.25) is 4.90 Å². The molecule has 0 aliphatic carbocycles. The van der Waals surface area contributed by atoms with Gasteiger partial charge in [0.25, 0.3) is 0 Å². The summed E-state index contributed by atoms with van der Waals surface area (Å²) >= 11 is 0. The maximum Gasteiger partial charge on any atom is 0.0240 e. The van der Waals surface area contributed by atoms with Crippen molar-refractivity contribution in [1.29, 1.82) is 0 Å². The Morgan fingerprint density at radius 1 is 1.26 bits per heavy atom. The van der Waals surface area contributed by atoms with E-state index in [9.17, 15) is 0 Å². The molecule has 2 heterocycles. The number of piperidine rings is 1. The highest BCUT2D eigenvalue weighted by Gasteiger charge is 2.22. The zero-order chi connectivity index (χ0) is 13.1. The van der Waals surface area contributed by atoms with Gasteiger partial charge in [-0.2, -0.15) is 0 Å². The fraction of sp³-hybridized carbons (Fsp3) is 0.647. The highest BCUT2D eigenvalue weighted by molar-refractivity contribution is 5.30. The molecule has 2 heteroatoms. The van der Waals surface area contributed by atoms with E-state index in [0.29, 0.717) is 0 Å². The van der Waals surface area contributed by atoms with Crippen LogP contribution in [0, 0.1) is 11.8 Å². The Morgan fingerprint density at radius 2 is 2.00 bits per heavy atom. The second kappa shape index (κ2) is 6.06. The Kier molecular flexibility index (Phi) is 4.19. The minimum Gasteiger partial charge on any atom is -0.316 e. The molecule has 3 rings (SSSR count). The van der Waals surface area contributed by atoms with Crippen LogP contribution < -0.4 is 5.32 Å². The first kappa shape index (κ1) is 13.1. The summed E-state index contributed by atoms with van der Waals surface area (Å²) in [4.78, 5) is 2.61. The number of rotatable bonds is 4. The van der Waals surface area contributed by atoms with Gasteiger partial charge in [0, 0.05) is 13.1 Å². The average Bonchev–Trinajstić information content (AvgIpc) is 2.88. The van der Waals surface area contributed by atoms with Gasteiger partial charge in [0.2, 0.25) is 0 Å². The molecule has 19 heavy (non-hydrogen) atoms. The normalized spacial score (nSPS) is 25.2. The van der Waals surface area contributed by atoms with E-state index in [1.807, 2.05) is 0 Å². The Balaban J connectivity index is 1.46. The first-order valence-electron chi connectivity index (χ1n) is 7.83. The van der Waals surface area contributed by atoms with Crippen molar-refractivity contribution in [2.24, 2.45) is 11.8 Å². The van der Waals surface area contributed by atoms with Gasteiger partial charge >= 0.3 is 0 Å². The number of hydrogen-bond acceptors (Lipinski definition) is 2. The molecule has 104 valence electrons. The third-order valence-corrected chi connectivity index (χ3v) is 4.95. The van der Waals surface area contributed by atoms with Crippen molar-refractivity contribution in [2.45, 2.75) is 39.3 Å². The summed E-state index contributed by atoms with van der Waals surface area (Å²) < 4.78 is 0. The first-order chi connectivity index (χ1) is 9.33. The minimum atomic E-state index is 0.858. The van der Waals surface area contributed by atoms with Crippen LogP contribution >= 0.6 is 0 Å². The zero-order valence-electron chi connectivity index (χ0n) is 12.1. The third-order valence-electron chi connectivity index (χ3n) is 4.95. The van der Waals surface area contributed by atoms with Crippen LogP contribution in [0.2, 0.25) is 0 Å². The van der Waals surface area contributed by atoms with E-state index >= 15 is 0 Å². The second-order valence-corrected chi connectivity index (χ2v) is 6.35. The fourth-order valence-corrected chi connectivity index (χ4v) is 3.55. The van der Waals surface area contributed by atoms with Crippen molar-refractivity contribution in [1.82, 2.24) is 10.2 Å². The van der Waals surface area contributed by atoms with Crippen LogP contribution in [0.3, 0.4) is 0 Å². The maximum atomic E-state index is 3.54.